The quantitative estimate of drug-likeness (QED) is 0.182. The van der Waals surface area contributed by atoms with Crippen molar-refractivity contribution in [2.24, 2.45) is 5.92 Å². The highest BCUT2D eigenvalue weighted by molar-refractivity contribution is 6.10. The largest absolute Gasteiger partial charge is 0.437 e. The van der Waals surface area contributed by atoms with Crippen molar-refractivity contribution in [2.45, 2.75) is 39.5 Å². The third-order valence-corrected chi connectivity index (χ3v) is 10.2. The van der Waals surface area contributed by atoms with Gasteiger partial charge < -0.3 is 4.42 Å². The van der Waals surface area contributed by atoms with Gasteiger partial charge in [-0.2, -0.15) is 0 Å². The highest BCUT2D eigenvalue weighted by atomic mass is 16.3. The van der Waals surface area contributed by atoms with E-state index in [1.54, 1.807) is 0 Å². The number of fused-ring (bicyclic) bond motifs is 6. The molecule has 238 valence electrons. The first-order valence-corrected chi connectivity index (χ1v) is 17.2. The van der Waals surface area contributed by atoms with Gasteiger partial charge in [-0.3, -0.25) is 9.55 Å². The molecule has 1 aliphatic rings. The lowest BCUT2D eigenvalue weighted by Gasteiger charge is -2.22. The van der Waals surface area contributed by atoms with E-state index in [2.05, 4.69) is 141 Å². The second kappa shape index (κ2) is 11.7. The molecule has 4 aromatic heterocycles. The number of benzene rings is 4. The normalized spacial score (nSPS) is 14.0. The molecule has 0 N–H and O–H groups in total. The topological polar surface area (TPSA) is 56.7 Å². The minimum absolute atomic E-state index is 0.318. The van der Waals surface area contributed by atoms with E-state index in [0.29, 0.717) is 17.5 Å². The monoisotopic (exact) mass is 636 g/mol. The molecule has 5 heteroatoms. The molecule has 0 aliphatic heterocycles. The van der Waals surface area contributed by atoms with Gasteiger partial charge in [-0.25, -0.2) is 9.97 Å². The average molecular weight is 637 g/mol. The van der Waals surface area contributed by atoms with Gasteiger partial charge in [0.05, 0.1) is 27.8 Å². The number of para-hydroxylation sites is 2. The second-order valence-electron chi connectivity index (χ2n) is 13.4. The maximum Gasteiger partial charge on any atom is 0.227 e. The molecule has 1 atom stereocenters. The Labute approximate surface area is 285 Å². The number of allylic oxidation sites excluding steroid dienone is 4. The standard InChI is InChI=1S/C44H36N4O/c1-27(2)28(3)37-25-23-35-34-20-11-21-36(42(34)49-44(35)47-37)43-46-38-24-22-31-17-12-26-45-39(31)41(38)48(43)40-32(29-13-6-4-7-14-29)18-10-19-33(40)30-15-8-5-9-16-30/h4-8,10-15,17-28H,9,16H2,1-3H3. The Kier molecular flexibility index (Phi) is 7.01. The Morgan fingerprint density at radius 1 is 0.735 bits per heavy atom. The fourth-order valence-corrected chi connectivity index (χ4v) is 7.28. The van der Waals surface area contributed by atoms with Gasteiger partial charge in [-0.1, -0.05) is 112 Å². The summed E-state index contributed by atoms with van der Waals surface area (Å²) in [6, 6.07) is 36.4. The predicted octanol–water partition coefficient (Wildman–Crippen LogP) is 11.7. The Bertz CT molecular complexity index is 2600. The predicted molar refractivity (Wildman–Crippen MR) is 202 cm³/mol. The van der Waals surface area contributed by atoms with Crippen LogP contribution in [0.2, 0.25) is 0 Å². The summed E-state index contributed by atoms with van der Waals surface area (Å²) in [7, 11) is 0. The van der Waals surface area contributed by atoms with Crippen LogP contribution in [0.3, 0.4) is 0 Å². The van der Waals surface area contributed by atoms with Crippen LogP contribution >= 0.6 is 0 Å². The zero-order valence-corrected chi connectivity index (χ0v) is 27.9. The van der Waals surface area contributed by atoms with Crippen molar-refractivity contribution in [3.63, 3.8) is 0 Å². The van der Waals surface area contributed by atoms with E-state index >= 15 is 0 Å². The maximum absolute atomic E-state index is 6.74. The molecular weight excluding hydrogens is 601 g/mol. The first-order valence-electron chi connectivity index (χ1n) is 17.2. The minimum atomic E-state index is 0.318. The van der Waals surface area contributed by atoms with E-state index in [-0.39, 0.29) is 0 Å². The van der Waals surface area contributed by atoms with Crippen molar-refractivity contribution in [3.05, 3.63) is 139 Å². The Balaban J connectivity index is 1.41. The third-order valence-electron chi connectivity index (χ3n) is 10.2. The molecule has 0 bridgehead atoms. The van der Waals surface area contributed by atoms with Crippen LogP contribution in [0, 0.1) is 5.92 Å². The van der Waals surface area contributed by atoms with E-state index in [0.717, 1.165) is 85.0 Å². The van der Waals surface area contributed by atoms with Gasteiger partial charge in [0.25, 0.3) is 0 Å². The molecule has 0 fully saturated rings. The van der Waals surface area contributed by atoms with Crippen LogP contribution in [0.25, 0.3) is 77.8 Å². The Morgan fingerprint density at radius 2 is 1.57 bits per heavy atom. The van der Waals surface area contributed by atoms with Gasteiger partial charge in [0.15, 0.2) is 0 Å². The summed E-state index contributed by atoms with van der Waals surface area (Å²) >= 11 is 0. The maximum atomic E-state index is 6.74. The lowest BCUT2D eigenvalue weighted by molar-refractivity contribution is 0.521. The molecule has 9 rings (SSSR count). The molecule has 49 heavy (non-hydrogen) atoms. The molecule has 0 saturated heterocycles. The van der Waals surface area contributed by atoms with Crippen LogP contribution in [0.4, 0.5) is 0 Å². The summed E-state index contributed by atoms with van der Waals surface area (Å²) in [5.74, 6) is 1.60. The summed E-state index contributed by atoms with van der Waals surface area (Å²) < 4.78 is 9.09. The first-order chi connectivity index (χ1) is 24.1. The highest BCUT2D eigenvalue weighted by Gasteiger charge is 2.26. The van der Waals surface area contributed by atoms with Gasteiger partial charge in [0.2, 0.25) is 5.71 Å². The van der Waals surface area contributed by atoms with Crippen LogP contribution in [0.1, 0.15) is 50.8 Å². The number of rotatable bonds is 6. The molecule has 0 saturated carbocycles. The molecule has 1 unspecified atom stereocenters. The smallest absolute Gasteiger partial charge is 0.227 e. The number of furan rings is 1. The van der Waals surface area contributed by atoms with E-state index < -0.39 is 0 Å². The molecule has 0 amide bonds. The number of aromatic nitrogens is 4. The summed E-state index contributed by atoms with van der Waals surface area (Å²) in [5.41, 5.74) is 12.0. The van der Waals surface area contributed by atoms with Crippen LogP contribution in [0.15, 0.2) is 132 Å². The summed E-state index contributed by atoms with van der Waals surface area (Å²) in [5, 5.41) is 3.11. The van der Waals surface area contributed by atoms with Gasteiger partial charge in [-0.15, -0.1) is 0 Å². The number of pyridine rings is 2. The van der Waals surface area contributed by atoms with E-state index in [1.165, 1.54) is 11.1 Å². The van der Waals surface area contributed by atoms with Gasteiger partial charge >= 0.3 is 0 Å². The molecule has 4 aromatic carbocycles. The van der Waals surface area contributed by atoms with Crippen molar-refractivity contribution >= 4 is 49.6 Å². The van der Waals surface area contributed by atoms with Crippen LogP contribution in [0.5, 0.6) is 0 Å². The number of imidazole rings is 1. The fourth-order valence-electron chi connectivity index (χ4n) is 7.28. The molecule has 0 spiro atoms. The van der Waals surface area contributed by atoms with Crippen molar-refractivity contribution in [2.75, 3.05) is 0 Å². The van der Waals surface area contributed by atoms with Gasteiger partial charge in [0.1, 0.15) is 11.4 Å². The molecular formula is C44H36N4O. The van der Waals surface area contributed by atoms with Gasteiger partial charge in [0, 0.05) is 45.1 Å². The lowest BCUT2D eigenvalue weighted by Crippen LogP contribution is -2.06. The third kappa shape index (κ3) is 4.80. The Morgan fingerprint density at radius 3 is 2.41 bits per heavy atom. The molecule has 8 aromatic rings. The fraction of sp³-hybridized carbons (Fsp3) is 0.159. The van der Waals surface area contributed by atoms with E-state index in [9.17, 15) is 0 Å². The van der Waals surface area contributed by atoms with Crippen LogP contribution in [-0.4, -0.2) is 19.5 Å². The second-order valence-corrected chi connectivity index (χ2v) is 13.4. The van der Waals surface area contributed by atoms with E-state index in [1.807, 2.05) is 12.3 Å². The zero-order valence-electron chi connectivity index (χ0n) is 27.9. The van der Waals surface area contributed by atoms with Crippen LogP contribution in [-0.2, 0) is 0 Å². The lowest BCUT2D eigenvalue weighted by atomic mass is 9.91. The number of nitrogens with zero attached hydrogens (tertiary/aromatic N) is 4. The minimum Gasteiger partial charge on any atom is -0.437 e. The number of hydrogen-bond acceptors (Lipinski definition) is 4. The molecule has 1 aliphatic carbocycles. The molecule has 5 nitrogen and oxygen atoms in total. The highest BCUT2D eigenvalue weighted by Crippen LogP contribution is 2.43. The molecule has 4 heterocycles. The van der Waals surface area contributed by atoms with Gasteiger partial charge in [-0.05, 0) is 60.2 Å². The van der Waals surface area contributed by atoms with Crippen molar-refractivity contribution in [1.82, 2.24) is 19.5 Å². The summed E-state index contributed by atoms with van der Waals surface area (Å²) in [6.45, 7) is 6.70. The number of hydrogen-bond donors (Lipinski definition) is 0. The molecule has 0 radical (unpaired) electrons. The van der Waals surface area contributed by atoms with Crippen molar-refractivity contribution < 1.29 is 4.42 Å². The summed E-state index contributed by atoms with van der Waals surface area (Å²) in [4.78, 5) is 15.4. The average Bonchev–Trinajstić information content (AvgIpc) is 3.73. The SMILES string of the molecule is CC(C)C(C)c1ccc2c(n1)oc1c(-c3nc4ccc5cccnc5c4n3-c3c(C4=CC=CCC4)cccc3-c3ccccc3)cccc12. The first kappa shape index (κ1) is 29.3. The van der Waals surface area contributed by atoms with Crippen molar-refractivity contribution in [3.8, 4) is 28.2 Å². The zero-order chi connectivity index (χ0) is 33.1. The van der Waals surface area contributed by atoms with Crippen LogP contribution < -0.4 is 0 Å². The Hall–Kier alpha value is -5.81. The van der Waals surface area contributed by atoms with Crippen molar-refractivity contribution in [1.29, 1.82) is 0 Å². The van der Waals surface area contributed by atoms with E-state index in [4.69, 9.17) is 19.4 Å². The summed E-state index contributed by atoms with van der Waals surface area (Å²) in [6.07, 6.45) is 10.5.